The minimum atomic E-state index is -2.86. The van der Waals surface area contributed by atoms with Gasteiger partial charge in [-0.25, -0.2) is 17.9 Å². The third-order valence-corrected chi connectivity index (χ3v) is 3.37. The van der Waals surface area contributed by atoms with Crippen LogP contribution in [0.25, 0.3) is 11.3 Å². The van der Waals surface area contributed by atoms with Gasteiger partial charge < -0.3 is 4.74 Å². The van der Waals surface area contributed by atoms with Crippen LogP contribution in [0, 0.1) is 12.7 Å². The molecule has 1 aliphatic heterocycles. The Hall–Kier alpha value is -1.98. The normalized spacial score (nSPS) is 17.2. The van der Waals surface area contributed by atoms with Gasteiger partial charge in [-0.3, -0.25) is 0 Å². The van der Waals surface area contributed by atoms with Crippen LogP contribution in [0.15, 0.2) is 24.3 Å². The molecule has 1 aliphatic rings. The molecule has 0 atom stereocenters. The minimum absolute atomic E-state index is 0.0532. The largest absolute Gasteiger partial charge is 0.471 e. The summed E-state index contributed by atoms with van der Waals surface area (Å²) < 4.78 is 47.0. The quantitative estimate of drug-likeness (QED) is 0.801. The predicted octanol–water partition coefficient (Wildman–Crippen LogP) is 3.42. The number of rotatable bonds is 1. The van der Waals surface area contributed by atoms with Crippen molar-refractivity contribution in [3.8, 4) is 17.1 Å². The topological polar surface area (TPSA) is 27.1 Å². The van der Waals surface area contributed by atoms with Crippen molar-refractivity contribution in [1.82, 2.24) is 9.78 Å². The van der Waals surface area contributed by atoms with Gasteiger partial charge >= 0.3 is 0 Å². The van der Waals surface area contributed by atoms with Crippen LogP contribution in [0.3, 0.4) is 0 Å². The van der Waals surface area contributed by atoms with Gasteiger partial charge in [0.1, 0.15) is 11.5 Å². The van der Waals surface area contributed by atoms with Crippen molar-refractivity contribution >= 4 is 0 Å². The molecule has 0 aliphatic carbocycles. The lowest BCUT2D eigenvalue weighted by atomic mass is 10.1. The van der Waals surface area contributed by atoms with E-state index in [1.54, 1.807) is 25.1 Å². The molecular weight excluding hydrogens is 269 g/mol. The maximum Gasteiger partial charge on any atom is 0.283 e. The first-order chi connectivity index (χ1) is 9.48. The fraction of sp³-hybridized carbons (Fsp3) is 0.357. The van der Waals surface area contributed by atoms with Gasteiger partial charge in [0.05, 0.1) is 6.54 Å². The van der Waals surface area contributed by atoms with Crippen molar-refractivity contribution in [1.29, 1.82) is 0 Å². The molecule has 0 fully saturated rings. The Morgan fingerprint density at radius 3 is 2.80 bits per heavy atom. The van der Waals surface area contributed by atoms with E-state index >= 15 is 0 Å². The highest BCUT2D eigenvalue weighted by Gasteiger charge is 2.34. The monoisotopic (exact) mass is 282 g/mol. The van der Waals surface area contributed by atoms with E-state index in [0.29, 0.717) is 22.7 Å². The van der Waals surface area contributed by atoms with Crippen molar-refractivity contribution in [2.45, 2.75) is 25.8 Å². The molecular formula is C14H13F3N2O. The number of benzene rings is 1. The lowest BCUT2D eigenvalue weighted by Crippen LogP contribution is -2.24. The second-order valence-corrected chi connectivity index (χ2v) is 4.88. The standard InChI is InChI=1S/C14H13F3N2O/c1-9-12(10-4-2-3-5-11(10)15)18-19-7-6-14(16,17)8-20-13(9)19/h2-5H,6-8H2,1H3. The first-order valence-electron chi connectivity index (χ1n) is 6.31. The van der Waals surface area contributed by atoms with Crippen molar-refractivity contribution < 1.29 is 17.9 Å². The summed E-state index contributed by atoms with van der Waals surface area (Å²) in [4.78, 5) is 0. The number of ether oxygens (including phenoxy) is 1. The number of halogens is 3. The molecule has 0 spiro atoms. The molecule has 0 N–H and O–H groups in total. The van der Waals surface area contributed by atoms with Crippen LogP contribution >= 0.6 is 0 Å². The van der Waals surface area contributed by atoms with Crippen molar-refractivity contribution in [3.63, 3.8) is 0 Å². The summed E-state index contributed by atoms with van der Waals surface area (Å²) in [6.07, 6.45) is -0.335. The summed E-state index contributed by atoms with van der Waals surface area (Å²) in [5.74, 6) is -2.96. The molecule has 3 nitrogen and oxygen atoms in total. The van der Waals surface area contributed by atoms with Gasteiger partial charge in [-0.2, -0.15) is 5.10 Å². The van der Waals surface area contributed by atoms with E-state index in [9.17, 15) is 13.2 Å². The first-order valence-corrected chi connectivity index (χ1v) is 6.31. The smallest absolute Gasteiger partial charge is 0.283 e. The zero-order valence-electron chi connectivity index (χ0n) is 10.9. The van der Waals surface area contributed by atoms with Crippen LogP contribution < -0.4 is 4.74 Å². The lowest BCUT2D eigenvalue weighted by molar-refractivity contribution is -0.0427. The highest BCUT2D eigenvalue weighted by molar-refractivity contribution is 5.65. The maximum atomic E-state index is 13.8. The number of aryl methyl sites for hydroxylation is 1. The second kappa shape index (κ2) is 4.54. The van der Waals surface area contributed by atoms with Crippen LogP contribution in [0.4, 0.5) is 13.2 Å². The molecule has 0 radical (unpaired) electrons. The van der Waals surface area contributed by atoms with Crippen LogP contribution in [0.5, 0.6) is 5.88 Å². The van der Waals surface area contributed by atoms with E-state index < -0.39 is 18.3 Å². The Labute approximate surface area is 114 Å². The zero-order chi connectivity index (χ0) is 14.3. The average Bonchev–Trinajstić information content (AvgIpc) is 2.62. The third kappa shape index (κ3) is 2.15. The van der Waals surface area contributed by atoms with Crippen molar-refractivity contribution in [2.75, 3.05) is 6.61 Å². The maximum absolute atomic E-state index is 13.8. The Morgan fingerprint density at radius 2 is 2.05 bits per heavy atom. The Morgan fingerprint density at radius 1 is 1.30 bits per heavy atom. The van der Waals surface area contributed by atoms with Gasteiger partial charge in [0.15, 0.2) is 6.61 Å². The van der Waals surface area contributed by atoms with Crippen LogP contribution in [-0.4, -0.2) is 22.3 Å². The third-order valence-electron chi connectivity index (χ3n) is 3.37. The fourth-order valence-electron chi connectivity index (χ4n) is 2.30. The summed E-state index contributed by atoms with van der Waals surface area (Å²) in [7, 11) is 0. The summed E-state index contributed by atoms with van der Waals surface area (Å²) >= 11 is 0. The number of alkyl halides is 2. The molecule has 1 aromatic carbocycles. The number of hydrogen-bond acceptors (Lipinski definition) is 2. The fourth-order valence-corrected chi connectivity index (χ4v) is 2.30. The van der Waals surface area contributed by atoms with Gasteiger partial charge in [-0.05, 0) is 19.1 Å². The Balaban J connectivity index is 2.04. The summed E-state index contributed by atoms with van der Waals surface area (Å²) in [6, 6.07) is 6.25. The molecule has 0 saturated heterocycles. The first kappa shape index (κ1) is 13.0. The summed E-state index contributed by atoms with van der Waals surface area (Å²) in [5, 5.41) is 4.23. The van der Waals surface area contributed by atoms with Crippen molar-refractivity contribution in [2.24, 2.45) is 0 Å². The molecule has 2 heterocycles. The SMILES string of the molecule is Cc1c(-c2ccccc2F)nn2c1OCC(F)(F)CC2. The van der Waals surface area contributed by atoms with Crippen LogP contribution in [0.1, 0.15) is 12.0 Å². The zero-order valence-corrected chi connectivity index (χ0v) is 10.9. The van der Waals surface area contributed by atoms with Gasteiger partial charge in [0.25, 0.3) is 5.92 Å². The molecule has 0 bridgehead atoms. The van der Waals surface area contributed by atoms with E-state index in [-0.39, 0.29) is 13.0 Å². The molecule has 2 aromatic rings. The highest BCUT2D eigenvalue weighted by Crippen LogP contribution is 2.35. The molecule has 3 rings (SSSR count). The van der Waals surface area contributed by atoms with Gasteiger partial charge in [-0.15, -0.1) is 0 Å². The Bertz CT molecular complexity index is 652. The number of hydrogen-bond donors (Lipinski definition) is 0. The predicted molar refractivity (Wildman–Crippen MR) is 67.4 cm³/mol. The number of aromatic nitrogens is 2. The van der Waals surface area contributed by atoms with E-state index in [0.717, 1.165) is 0 Å². The Kier molecular flexibility index (Phi) is 2.96. The number of nitrogens with zero attached hydrogens (tertiary/aromatic N) is 2. The second-order valence-electron chi connectivity index (χ2n) is 4.88. The van der Waals surface area contributed by atoms with E-state index in [2.05, 4.69) is 5.10 Å². The highest BCUT2D eigenvalue weighted by atomic mass is 19.3. The van der Waals surface area contributed by atoms with E-state index in [1.165, 1.54) is 10.7 Å². The van der Waals surface area contributed by atoms with E-state index in [4.69, 9.17) is 4.74 Å². The molecule has 6 heteroatoms. The van der Waals surface area contributed by atoms with Gasteiger partial charge in [0.2, 0.25) is 5.88 Å². The molecule has 20 heavy (non-hydrogen) atoms. The van der Waals surface area contributed by atoms with Gasteiger partial charge in [-0.1, -0.05) is 12.1 Å². The van der Waals surface area contributed by atoms with Crippen molar-refractivity contribution in [3.05, 3.63) is 35.6 Å². The molecule has 0 saturated carbocycles. The molecule has 106 valence electrons. The van der Waals surface area contributed by atoms with Gasteiger partial charge in [0, 0.05) is 17.5 Å². The molecule has 0 unspecified atom stereocenters. The van der Waals surface area contributed by atoms with Crippen LogP contribution in [-0.2, 0) is 6.54 Å². The average molecular weight is 282 g/mol. The summed E-state index contributed by atoms with van der Waals surface area (Å²) in [6.45, 7) is 1.08. The minimum Gasteiger partial charge on any atom is -0.471 e. The lowest BCUT2D eigenvalue weighted by Gasteiger charge is -2.11. The molecule has 1 aromatic heterocycles. The summed E-state index contributed by atoms with van der Waals surface area (Å²) in [5.41, 5.74) is 1.36. The van der Waals surface area contributed by atoms with E-state index in [1.807, 2.05) is 0 Å². The number of fused-ring (bicyclic) bond motifs is 1. The molecule has 0 amide bonds. The van der Waals surface area contributed by atoms with Crippen LogP contribution in [0.2, 0.25) is 0 Å².